The van der Waals surface area contributed by atoms with Crippen LogP contribution in [0.25, 0.3) is 0 Å². The van der Waals surface area contributed by atoms with Gasteiger partial charge in [-0.25, -0.2) is 8.42 Å². The van der Waals surface area contributed by atoms with Gasteiger partial charge in [0.2, 0.25) is 0 Å². The zero-order valence-electron chi connectivity index (χ0n) is 9.44. The monoisotopic (exact) mass is 282 g/mol. The number of halogens is 3. The molecule has 102 valence electrons. The standard InChI is InChI=1S/C11H13F3O3S/c12-11(13,14)10-4-2-9(3-5-10)8-18(16,17)7-1-6-15/h2-5,15H,1,6-8H2. The highest BCUT2D eigenvalue weighted by Crippen LogP contribution is 2.29. The number of aliphatic hydroxyl groups excluding tert-OH is 1. The molecule has 0 bridgehead atoms. The summed E-state index contributed by atoms with van der Waals surface area (Å²) in [5.74, 6) is -0.490. The molecule has 1 aromatic carbocycles. The highest BCUT2D eigenvalue weighted by atomic mass is 32.2. The van der Waals surface area contributed by atoms with Gasteiger partial charge < -0.3 is 5.11 Å². The van der Waals surface area contributed by atoms with E-state index in [1.807, 2.05) is 0 Å². The molecule has 0 aliphatic heterocycles. The van der Waals surface area contributed by atoms with Crippen LogP contribution in [-0.2, 0) is 21.8 Å². The Hall–Kier alpha value is -1.08. The average Bonchev–Trinajstić information content (AvgIpc) is 2.25. The second kappa shape index (κ2) is 5.71. The maximum Gasteiger partial charge on any atom is 0.416 e. The minimum absolute atomic E-state index is 0.128. The average molecular weight is 282 g/mol. The zero-order valence-corrected chi connectivity index (χ0v) is 10.3. The van der Waals surface area contributed by atoms with Crippen LogP contribution in [0.15, 0.2) is 24.3 Å². The first-order valence-electron chi connectivity index (χ1n) is 5.22. The van der Waals surface area contributed by atoms with E-state index < -0.39 is 21.6 Å². The summed E-state index contributed by atoms with van der Waals surface area (Å²) in [5, 5.41) is 8.53. The van der Waals surface area contributed by atoms with E-state index in [1.165, 1.54) is 0 Å². The van der Waals surface area contributed by atoms with E-state index in [2.05, 4.69) is 0 Å². The minimum atomic E-state index is -4.42. The number of sulfone groups is 1. The Bertz CT molecular complexity index is 477. The van der Waals surface area contributed by atoms with Gasteiger partial charge in [0.1, 0.15) is 0 Å². The van der Waals surface area contributed by atoms with E-state index in [9.17, 15) is 21.6 Å². The lowest BCUT2D eigenvalue weighted by molar-refractivity contribution is -0.137. The van der Waals surface area contributed by atoms with Crippen LogP contribution in [0.5, 0.6) is 0 Å². The van der Waals surface area contributed by atoms with E-state index in [0.717, 1.165) is 24.3 Å². The third-order valence-corrected chi connectivity index (χ3v) is 3.97. The lowest BCUT2D eigenvalue weighted by atomic mass is 10.1. The van der Waals surface area contributed by atoms with Crippen LogP contribution in [0.1, 0.15) is 17.5 Å². The quantitative estimate of drug-likeness (QED) is 0.898. The van der Waals surface area contributed by atoms with Gasteiger partial charge in [-0.2, -0.15) is 13.2 Å². The highest BCUT2D eigenvalue weighted by molar-refractivity contribution is 7.90. The molecule has 18 heavy (non-hydrogen) atoms. The summed E-state index contributed by atoms with van der Waals surface area (Å²) in [5.41, 5.74) is -0.500. The third kappa shape index (κ3) is 4.66. The van der Waals surface area contributed by atoms with Crippen LogP contribution < -0.4 is 0 Å². The van der Waals surface area contributed by atoms with Crippen molar-refractivity contribution in [2.45, 2.75) is 18.3 Å². The summed E-state index contributed by atoms with van der Waals surface area (Å²) in [7, 11) is -3.39. The predicted octanol–water partition coefficient (Wildman–Crippen LogP) is 2.00. The molecule has 0 saturated heterocycles. The zero-order chi connectivity index (χ0) is 13.8. The molecule has 0 atom stereocenters. The molecular formula is C11H13F3O3S. The topological polar surface area (TPSA) is 54.4 Å². The van der Waals surface area contributed by atoms with Gasteiger partial charge in [-0.15, -0.1) is 0 Å². The molecule has 0 unspecified atom stereocenters. The van der Waals surface area contributed by atoms with Crippen LogP contribution in [0, 0.1) is 0 Å². The van der Waals surface area contributed by atoms with Crippen LogP contribution in [0.3, 0.4) is 0 Å². The lowest BCUT2D eigenvalue weighted by Crippen LogP contribution is -2.11. The molecular weight excluding hydrogens is 269 g/mol. The van der Waals surface area contributed by atoms with Crippen molar-refractivity contribution in [3.63, 3.8) is 0 Å². The number of alkyl halides is 3. The van der Waals surface area contributed by atoms with E-state index in [4.69, 9.17) is 5.11 Å². The van der Waals surface area contributed by atoms with E-state index in [1.54, 1.807) is 0 Å². The van der Waals surface area contributed by atoms with Gasteiger partial charge in [-0.05, 0) is 24.1 Å². The second-order valence-electron chi connectivity index (χ2n) is 3.86. The van der Waals surface area contributed by atoms with Gasteiger partial charge in [-0.1, -0.05) is 12.1 Å². The van der Waals surface area contributed by atoms with Crippen LogP contribution in [-0.4, -0.2) is 25.9 Å². The van der Waals surface area contributed by atoms with Crippen molar-refractivity contribution < 1.29 is 26.7 Å². The fraction of sp³-hybridized carbons (Fsp3) is 0.455. The highest BCUT2D eigenvalue weighted by Gasteiger charge is 2.30. The Morgan fingerprint density at radius 3 is 2.11 bits per heavy atom. The molecule has 0 aliphatic carbocycles. The van der Waals surface area contributed by atoms with Crippen LogP contribution in [0.4, 0.5) is 13.2 Å². The van der Waals surface area contributed by atoms with E-state index >= 15 is 0 Å². The molecule has 0 spiro atoms. The maximum absolute atomic E-state index is 12.3. The Balaban J connectivity index is 2.75. The van der Waals surface area contributed by atoms with Gasteiger partial charge >= 0.3 is 6.18 Å². The molecule has 0 fully saturated rings. The van der Waals surface area contributed by atoms with Gasteiger partial charge in [0.15, 0.2) is 9.84 Å². The molecule has 0 saturated carbocycles. The smallest absolute Gasteiger partial charge is 0.396 e. The number of hydrogen-bond acceptors (Lipinski definition) is 3. The minimum Gasteiger partial charge on any atom is -0.396 e. The fourth-order valence-electron chi connectivity index (χ4n) is 1.40. The summed E-state index contributed by atoms with van der Waals surface area (Å²) in [4.78, 5) is 0. The van der Waals surface area contributed by atoms with Crippen molar-refractivity contribution in [2.24, 2.45) is 0 Å². The molecule has 0 aromatic heterocycles. The lowest BCUT2D eigenvalue weighted by Gasteiger charge is -2.08. The normalized spacial score (nSPS) is 12.7. The van der Waals surface area contributed by atoms with Gasteiger partial charge in [0.05, 0.1) is 17.1 Å². The Labute approximate surface area is 103 Å². The molecule has 0 radical (unpaired) electrons. The SMILES string of the molecule is O=S(=O)(CCCO)Cc1ccc(C(F)(F)F)cc1. The number of rotatable bonds is 5. The molecule has 1 aromatic rings. The number of benzene rings is 1. The summed E-state index contributed by atoms with van der Waals surface area (Å²) in [6.45, 7) is -0.230. The molecule has 0 heterocycles. The molecule has 7 heteroatoms. The van der Waals surface area contributed by atoms with E-state index in [-0.39, 0.29) is 24.5 Å². The van der Waals surface area contributed by atoms with Crippen molar-refractivity contribution in [2.75, 3.05) is 12.4 Å². The second-order valence-corrected chi connectivity index (χ2v) is 6.05. The Morgan fingerprint density at radius 1 is 1.11 bits per heavy atom. The summed E-state index contributed by atoms with van der Waals surface area (Å²) in [6.07, 6.45) is -4.29. The first-order valence-corrected chi connectivity index (χ1v) is 7.04. The molecule has 1 N–H and O–H groups in total. The Kier molecular flexibility index (Phi) is 4.75. The summed E-state index contributed by atoms with van der Waals surface area (Å²) in [6, 6.07) is 4.02. The molecule has 1 rings (SSSR count). The van der Waals surface area contributed by atoms with Crippen molar-refractivity contribution in [3.8, 4) is 0 Å². The maximum atomic E-state index is 12.3. The van der Waals surface area contributed by atoms with Crippen LogP contribution in [0.2, 0.25) is 0 Å². The largest absolute Gasteiger partial charge is 0.416 e. The van der Waals surface area contributed by atoms with Crippen molar-refractivity contribution in [1.29, 1.82) is 0 Å². The first kappa shape index (κ1) is 15.0. The van der Waals surface area contributed by atoms with Crippen molar-refractivity contribution >= 4 is 9.84 Å². The predicted molar refractivity (Wildman–Crippen MR) is 60.6 cm³/mol. The van der Waals surface area contributed by atoms with Gasteiger partial charge in [0, 0.05) is 6.61 Å². The molecule has 3 nitrogen and oxygen atoms in total. The van der Waals surface area contributed by atoms with Crippen molar-refractivity contribution in [3.05, 3.63) is 35.4 Å². The van der Waals surface area contributed by atoms with E-state index in [0.29, 0.717) is 5.56 Å². The van der Waals surface area contributed by atoms with Crippen molar-refractivity contribution in [1.82, 2.24) is 0 Å². The number of hydrogen-bond donors (Lipinski definition) is 1. The fourth-order valence-corrected chi connectivity index (χ4v) is 2.81. The molecule has 0 aliphatic rings. The third-order valence-electron chi connectivity index (χ3n) is 2.28. The first-order chi connectivity index (χ1) is 8.24. The summed E-state index contributed by atoms with van der Waals surface area (Å²) < 4.78 is 59.8. The number of aliphatic hydroxyl groups is 1. The molecule has 0 amide bonds. The van der Waals surface area contributed by atoms with Gasteiger partial charge in [-0.3, -0.25) is 0 Å². The summed E-state index contributed by atoms with van der Waals surface area (Å²) >= 11 is 0. The van der Waals surface area contributed by atoms with Gasteiger partial charge in [0.25, 0.3) is 0 Å². The van der Waals surface area contributed by atoms with Crippen LogP contribution >= 0.6 is 0 Å². The Morgan fingerprint density at radius 2 is 1.67 bits per heavy atom.